The first-order valence-corrected chi connectivity index (χ1v) is 10.8. The maximum Gasteiger partial charge on any atom is 0.282 e. The summed E-state index contributed by atoms with van der Waals surface area (Å²) < 4.78 is 8.07. The predicted octanol–water partition coefficient (Wildman–Crippen LogP) is 5.73. The zero-order valence-corrected chi connectivity index (χ0v) is 18.8. The number of hydrogen-bond acceptors (Lipinski definition) is 4. The molecule has 2 aromatic carbocycles. The topological polar surface area (TPSA) is 56.5 Å². The van der Waals surface area contributed by atoms with E-state index in [1.165, 1.54) is 4.68 Å². The number of benzene rings is 2. The first kappa shape index (κ1) is 21.2. The van der Waals surface area contributed by atoms with E-state index in [4.69, 9.17) is 9.72 Å². The third-order valence-electron chi connectivity index (χ3n) is 5.00. The lowest BCUT2D eigenvalue weighted by atomic mass is 10.1. The van der Waals surface area contributed by atoms with Crippen molar-refractivity contribution in [3.8, 4) is 5.75 Å². The molecule has 0 saturated carbocycles. The van der Waals surface area contributed by atoms with Crippen molar-refractivity contribution in [2.45, 2.75) is 52.6 Å². The van der Waals surface area contributed by atoms with Crippen LogP contribution in [0.25, 0.3) is 10.9 Å². The van der Waals surface area contributed by atoms with E-state index in [1.807, 2.05) is 43.3 Å². The Kier molecular flexibility index (Phi) is 6.85. The summed E-state index contributed by atoms with van der Waals surface area (Å²) >= 11 is 3.43. The number of rotatable bonds is 7. The smallest absolute Gasteiger partial charge is 0.282 e. The molecule has 0 unspecified atom stereocenters. The van der Waals surface area contributed by atoms with E-state index >= 15 is 0 Å². The van der Waals surface area contributed by atoms with E-state index < -0.39 is 0 Å². The Morgan fingerprint density at radius 1 is 1.14 bits per heavy atom. The molecule has 0 amide bonds. The molecular weight excluding hydrogens is 430 g/mol. The van der Waals surface area contributed by atoms with Gasteiger partial charge in [-0.3, -0.25) is 4.79 Å². The van der Waals surface area contributed by atoms with Crippen molar-refractivity contribution in [1.82, 2.24) is 9.66 Å². The summed E-state index contributed by atoms with van der Waals surface area (Å²) in [6.45, 7) is 8.27. The van der Waals surface area contributed by atoms with Crippen molar-refractivity contribution in [3.63, 3.8) is 0 Å². The highest BCUT2D eigenvalue weighted by molar-refractivity contribution is 9.10. The Bertz CT molecular complexity index is 1070. The molecule has 1 heterocycles. The van der Waals surface area contributed by atoms with Crippen molar-refractivity contribution < 1.29 is 4.74 Å². The lowest BCUT2D eigenvalue weighted by Gasteiger charge is -2.14. The number of fused-ring (bicyclic) bond motifs is 1. The minimum Gasteiger partial charge on any atom is -0.491 e. The van der Waals surface area contributed by atoms with Gasteiger partial charge in [0.2, 0.25) is 0 Å². The van der Waals surface area contributed by atoms with Crippen LogP contribution in [0.1, 0.15) is 57.8 Å². The Morgan fingerprint density at radius 3 is 2.52 bits per heavy atom. The van der Waals surface area contributed by atoms with Gasteiger partial charge in [-0.1, -0.05) is 36.7 Å². The van der Waals surface area contributed by atoms with Crippen LogP contribution in [0.5, 0.6) is 5.75 Å². The van der Waals surface area contributed by atoms with Crippen LogP contribution in [0.2, 0.25) is 0 Å². The summed E-state index contributed by atoms with van der Waals surface area (Å²) in [5.41, 5.74) is 1.41. The summed E-state index contributed by atoms with van der Waals surface area (Å²) in [6.07, 6.45) is 3.68. The molecule has 0 fully saturated rings. The van der Waals surface area contributed by atoms with Crippen LogP contribution in [0.3, 0.4) is 0 Å². The second kappa shape index (κ2) is 9.35. The summed E-state index contributed by atoms with van der Waals surface area (Å²) in [4.78, 5) is 17.8. The normalized spacial score (nSPS) is 13.7. The SMILES string of the molecule is CC[C@H](C)Oc1ccc(C=Nn2c([C@@H](C)CC)nc3ccc(Br)cc3c2=O)cc1. The van der Waals surface area contributed by atoms with E-state index in [-0.39, 0.29) is 17.6 Å². The van der Waals surface area contributed by atoms with Gasteiger partial charge in [0.1, 0.15) is 11.6 Å². The maximum atomic E-state index is 13.1. The molecular formula is C23H26BrN3O2. The van der Waals surface area contributed by atoms with Crippen LogP contribution in [0.15, 0.2) is 56.8 Å². The van der Waals surface area contributed by atoms with Crippen LogP contribution in [0.4, 0.5) is 0 Å². The molecule has 0 spiro atoms. The van der Waals surface area contributed by atoms with Gasteiger partial charge >= 0.3 is 0 Å². The lowest BCUT2D eigenvalue weighted by Crippen LogP contribution is -2.23. The Labute approximate surface area is 179 Å². The van der Waals surface area contributed by atoms with Gasteiger partial charge in [0.25, 0.3) is 5.56 Å². The summed E-state index contributed by atoms with van der Waals surface area (Å²) in [5.74, 6) is 1.60. The molecule has 6 heteroatoms. The Morgan fingerprint density at radius 2 is 1.86 bits per heavy atom. The molecule has 0 aliphatic rings. The highest BCUT2D eigenvalue weighted by atomic mass is 79.9. The number of nitrogens with zero attached hydrogens (tertiary/aromatic N) is 3. The van der Waals surface area contributed by atoms with Gasteiger partial charge in [-0.25, -0.2) is 4.98 Å². The molecule has 3 rings (SSSR count). The fourth-order valence-electron chi connectivity index (χ4n) is 2.85. The Hall–Kier alpha value is -2.47. The fraction of sp³-hybridized carbons (Fsp3) is 0.348. The third-order valence-corrected chi connectivity index (χ3v) is 5.49. The zero-order valence-electron chi connectivity index (χ0n) is 17.2. The van der Waals surface area contributed by atoms with Crippen LogP contribution >= 0.6 is 15.9 Å². The van der Waals surface area contributed by atoms with Gasteiger partial charge in [0, 0.05) is 10.4 Å². The number of aromatic nitrogens is 2. The van der Waals surface area contributed by atoms with Gasteiger partial charge in [-0.05, 0) is 67.8 Å². The second-order valence-corrected chi connectivity index (χ2v) is 8.12. The molecule has 3 aromatic rings. The highest BCUT2D eigenvalue weighted by Crippen LogP contribution is 2.21. The van der Waals surface area contributed by atoms with Gasteiger partial charge in [-0.15, -0.1) is 0 Å². The van der Waals surface area contributed by atoms with E-state index in [1.54, 1.807) is 12.3 Å². The quantitative estimate of drug-likeness (QED) is 0.427. The van der Waals surface area contributed by atoms with Gasteiger partial charge in [0.05, 0.1) is 23.2 Å². The van der Waals surface area contributed by atoms with Gasteiger partial charge in [0.15, 0.2) is 0 Å². The van der Waals surface area contributed by atoms with Gasteiger partial charge < -0.3 is 4.74 Å². The van der Waals surface area contributed by atoms with Crippen molar-refractivity contribution in [2.75, 3.05) is 0 Å². The third kappa shape index (κ3) is 4.93. The molecule has 0 N–H and O–H groups in total. The molecule has 152 valence electrons. The maximum absolute atomic E-state index is 13.1. The molecule has 0 aliphatic carbocycles. The van der Waals surface area contributed by atoms with Crippen LogP contribution in [-0.4, -0.2) is 22.0 Å². The second-order valence-electron chi connectivity index (χ2n) is 7.21. The summed E-state index contributed by atoms with van der Waals surface area (Å²) in [5, 5.41) is 5.03. The van der Waals surface area contributed by atoms with Gasteiger partial charge in [-0.2, -0.15) is 9.78 Å². The molecule has 0 aliphatic heterocycles. The lowest BCUT2D eigenvalue weighted by molar-refractivity contribution is 0.217. The monoisotopic (exact) mass is 455 g/mol. The average molecular weight is 456 g/mol. The fourth-order valence-corrected chi connectivity index (χ4v) is 3.21. The Balaban J connectivity index is 1.99. The van der Waals surface area contributed by atoms with E-state index in [0.29, 0.717) is 16.7 Å². The number of halogens is 1. The molecule has 29 heavy (non-hydrogen) atoms. The van der Waals surface area contributed by atoms with Crippen LogP contribution in [0, 0.1) is 0 Å². The molecule has 0 saturated heterocycles. The minimum atomic E-state index is -0.167. The summed E-state index contributed by atoms with van der Waals surface area (Å²) in [6, 6.07) is 13.2. The average Bonchev–Trinajstić information content (AvgIpc) is 2.73. The van der Waals surface area contributed by atoms with Crippen LogP contribution in [-0.2, 0) is 0 Å². The van der Waals surface area contributed by atoms with Crippen molar-refractivity contribution in [2.24, 2.45) is 5.10 Å². The molecule has 0 radical (unpaired) electrons. The van der Waals surface area contributed by atoms with Crippen molar-refractivity contribution in [1.29, 1.82) is 0 Å². The minimum absolute atomic E-state index is 0.110. The van der Waals surface area contributed by atoms with Crippen molar-refractivity contribution >= 4 is 33.0 Å². The summed E-state index contributed by atoms with van der Waals surface area (Å²) in [7, 11) is 0. The largest absolute Gasteiger partial charge is 0.491 e. The van der Waals surface area contributed by atoms with E-state index in [0.717, 1.165) is 28.6 Å². The predicted molar refractivity (Wildman–Crippen MR) is 122 cm³/mol. The first-order chi connectivity index (χ1) is 13.9. The molecule has 0 bridgehead atoms. The van der Waals surface area contributed by atoms with E-state index in [9.17, 15) is 4.79 Å². The molecule has 2 atom stereocenters. The zero-order chi connectivity index (χ0) is 21.0. The highest BCUT2D eigenvalue weighted by Gasteiger charge is 2.15. The number of hydrogen-bond donors (Lipinski definition) is 0. The van der Waals surface area contributed by atoms with E-state index in [2.05, 4.69) is 41.8 Å². The van der Waals surface area contributed by atoms with Crippen LogP contribution < -0.4 is 10.3 Å². The first-order valence-electron chi connectivity index (χ1n) is 9.96. The molecule has 1 aromatic heterocycles. The standard InChI is InChI=1S/C23H26BrN3O2/c1-5-15(3)22-26-21-12-9-18(24)13-20(21)23(28)27(22)25-14-17-7-10-19(11-8-17)29-16(4)6-2/h7-16H,5-6H2,1-4H3/t15-,16-/m0/s1. The van der Waals surface area contributed by atoms with Crippen molar-refractivity contribution in [3.05, 3.63) is 68.7 Å². The molecule has 5 nitrogen and oxygen atoms in total. The number of ether oxygens (including phenoxy) is 1.